The number of hydrogen-bond donors (Lipinski definition) is 2. The van der Waals surface area contributed by atoms with E-state index in [4.69, 9.17) is 0 Å². The van der Waals surface area contributed by atoms with Crippen LogP contribution in [0.5, 0.6) is 0 Å². The highest BCUT2D eigenvalue weighted by molar-refractivity contribution is 5.79. The Balaban J connectivity index is 1.61. The fraction of sp³-hybridized carbons (Fsp3) is 0.238. The second-order valence-corrected chi connectivity index (χ2v) is 6.02. The van der Waals surface area contributed by atoms with E-state index in [1.807, 2.05) is 16.9 Å². The van der Waals surface area contributed by atoms with Crippen molar-refractivity contribution in [1.82, 2.24) is 20.4 Å². The molecule has 2 N–H and O–H groups in total. The first-order chi connectivity index (χ1) is 12.9. The minimum Gasteiger partial charge on any atom is -0.355 e. The largest absolute Gasteiger partial charge is 0.355 e. The third-order valence-corrected chi connectivity index (χ3v) is 4.29. The van der Waals surface area contributed by atoms with Crippen LogP contribution in [0, 0.1) is 0 Å². The van der Waals surface area contributed by atoms with E-state index >= 15 is 0 Å². The Hall–Kier alpha value is -3.08. The molecule has 0 atom stereocenters. The average Bonchev–Trinajstić information content (AvgIpc) is 3.22. The number of nitrogens with one attached hydrogen (secondary N) is 2. The molecule has 26 heavy (non-hydrogen) atoms. The predicted molar refractivity (Wildman–Crippen MR) is 106 cm³/mol. The van der Waals surface area contributed by atoms with Crippen molar-refractivity contribution in [2.75, 3.05) is 20.1 Å². The van der Waals surface area contributed by atoms with E-state index in [0.29, 0.717) is 0 Å². The van der Waals surface area contributed by atoms with Gasteiger partial charge in [-0.25, -0.2) is 0 Å². The minimum atomic E-state index is 0.266. The normalized spacial score (nSPS) is 11.5. The molecule has 5 nitrogen and oxygen atoms in total. The standard InChI is InChI=1S/C21H25N5/c1-22-21(23-14-16-26-15-8-13-25-26)24-17-20(18-9-4-2-5-10-18)19-11-6-3-7-12-19/h2-13,15,20H,14,16-17H2,1H3,(H2,22,23,24). The van der Waals surface area contributed by atoms with Crippen molar-refractivity contribution in [3.63, 3.8) is 0 Å². The van der Waals surface area contributed by atoms with Gasteiger partial charge in [-0.05, 0) is 17.2 Å². The first-order valence-electron chi connectivity index (χ1n) is 8.88. The summed E-state index contributed by atoms with van der Waals surface area (Å²) in [7, 11) is 1.79. The SMILES string of the molecule is CN=C(NCCn1cccn1)NCC(c1ccccc1)c1ccccc1. The third-order valence-electron chi connectivity index (χ3n) is 4.29. The van der Waals surface area contributed by atoms with Crippen LogP contribution < -0.4 is 10.6 Å². The lowest BCUT2D eigenvalue weighted by Crippen LogP contribution is -2.40. The second-order valence-electron chi connectivity index (χ2n) is 6.02. The summed E-state index contributed by atoms with van der Waals surface area (Å²) < 4.78 is 1.90. The molecule has 0 unspecified atom stereocenters. The summed E-state index contributed by atoms with van der Waals surface area (Å²) in [6, 6.07) is 23.1. The molecule has 1 aromatic heterocycles. The summed E-state index contributed by atoms with van der Waals surface area (Å²) in [5, 5.41) is 11.0. The van der Waals surface area contributed by atoms with E-state index in [9.17, 15) is 0 Å². The molecule has 134 valence electrons. The number of aliphatic imine (C=N–C) groups is 1. The van der Waals surface area contributed by atoms with Gasteiger partial charge in [-0.3, -0.25) is 9.67 Å². The van der Waals surface area contributed by atoms with Crippen molar-refractivity contribution < 1.29 is 0 Å². The number of aromatic nitrogens is 2. The first kappa shape index (κ1) is 17.7. The van der Waals surface area contributed by atoms with Crippen molar-refractivity contribution in [3.8, 4) is 0 Å². The Morgan fingerprint density at radius 1 is 0.962 bits per heavy atom. The van der Waals surface area contributed by atoms with E-state index in [2.05, 4.69) is 81.4 Å². The van der Waals surface area contributed by atoms with Crippen LogP contribution in [0.25, 0.3) is 0 Å². The van der Waals surface area contributed by atoms with Crippen LogP contribution in [0.2, 0.25) is 0 Å². The Morgan fingerprint density at radius 2 is 1.62 bits per heavy atom. The van der Waals surface area contributed by atoms with Crippen LogP contribution in [-0.4, -0.2) is 35.9 Å². The molecule has 2 aromatic carbocycles. The zero-order valence-electron chi connectivity index (χ0n) is 15.0. The lowest BCUT2D eigenvalue weighted by molar-refractivity contribution is 0.596. The van der Waals surface area contributed by atoms with Gasteiger partial charge < -0.3 is 10.6 Å². The summed E-state index contributed by atoms with van der Waals surface area (Å²) in [4.78, 5) is 4.33. The predicted octanol–water partition coefficient (Wildman–Crippen LogP) is 2.88. The van der Waals surface area contributed by atoms with Gasteiger partial charge >= 0.3 is 0 Å². The maximum atomic E-state index is 4.33. The summed E-state index contributed by atoms with van der Waals surface area (Å²) >= 11 is 0. The smallest absolute Gasteiger partial charge is 0.191 e. The van der Waals surface area contributed by atoms with Crippen LogP contribution in [0.3, 0.4) is 0 Å². The molecule has 3 aromatic rings. The number of hydrogen-bond acceptors (Lipinski definition) is 2. The monoisotopic (exact) mass is 347 g/mol. The maximum Gasteiger partial charge on any atom is 0.191 e. The van der Waals surface area contributed by atoms with E-state index < -0.39 is 0 Å². The van der Waals surface area contributed by atoms with Crippen LogP contribution >= 0.6 is 0 Å². The van der Waals surface area contributed by atoms with Crippen molar-refractivity contribution in [2.45, 2.75) is 12.5 Å². The van der Waals surface area contributed by atoms with Crippen LogP contribution in [-0.2, 0) is 6.54 Å². The molecule has 0 fully saturated rings. The van der Waals surface area contributed by atoms with E-state index in [0.717, 1.165) is 25.6 Å². The van der Waals surface area contributed by atoms with Crippen LogP contribution in [0.4, 0.5) is 0 Å². The highest BCUT2D eigenvalue weighted by Gasteiger charge is 2.14. The van der Waals surface area contributed by atoms with E-state index in [1.165, 1.54) is 11.1 Å². The Bertz CT molecular complexity index is 742. The van der Waals surface area contributed by atoms with E-state index in [-0.39, 0.29) is 5.92 Å². The van der Waals surface area contributed by atoms with Gasteiger partial charge in [0.05, 0.1) is 6.54 Å². The number of benzene rings is 2. The zero-order chi connectivity index (χ0) is 18.0. The summed E-state index contributed by atoms with van der Waals surface area (Å²) in [6.07, 6.45) is 3.75. The van der Waals surface area contributed by atoms with Gasteiger partial charge in [0.1, 0.15) is 0 Å². The third kappa shape index (κ3) is 4.96. The minimum absolute atomic E-state index is 0.266. The second kappa shape index (κ2) is 9.42. The van der Waals surface area contributed by atoms with Crippen molar-refractivity contribution >= 4 is 5.96 Å². The average molecular weight is 347 g/mol. The van der Waals surface area contributed by atoms with Gasteiger partial charge in [-0.2, -0.15) is 5.10 Å². The quantitative estimate of drug-likeness (QED) is 0.510. The maximum absolute atomic E-state index is 4.33. The molecule has 5 heteroatoms. The van der Waals surface area contributed by atoms with Crippen LogP contribution in [0.15, 0.2) is 84.1 Å². The molecule has 0 aliphatic carbocycles. The zero-order valence-corrected chi connectivity index (χ0v) is 15.0. The first-order valence-corrected chi connectivity index (χ1v) is 8.88. The fourth-order valence-electron chi connectivity index (χ4n) is 2.94. The van der Waals surface area contributed by atoms with Gasteiger partial charge in [0, 0.05) is 38.4 Å². The summed E-state index contributed by atoms with van der Waals surface area (Å²) in [6.45, 7) is 2.34. The molecule has 0 radical (unpaired) electrons. The molecule has 0 spiro atoms. The van der Waals surface area contributed by atoms with Crippen molar-refractivity contribution in [1.29, 1.82) is 0 Å². The van der Waals surface area contributed by atoms with E-state index in [1.54, 1.807) is 13.2 Å². The molecular weight excluding hydrogens is 322 g/mol. The van der Waals surface area contributed by atoms with Gasteiger partial charge in [0.25, 0.3) is 0 Å². The van der Waals surface area contributed by atoms with Gasteiger partial charge in [0.15, 0.2) is 5.96 Å². The molecule has 0 aliphatic heterocycles. The van der Waals surface area contributed by atoms with Gasteiger partial charge in [0.2, 0.25) is 0 Å². The molecule has 0 amide bonds. The van der Waals surface area contributed by atoms with Crippen LogP contribution in [0.1, 0.15) is 17.0 Å². The molecule has 0 bridgehead atoms. The summed E-state index contributed by atoms with van der Waals surface area (Å²) in [5.74, 6) is 1.07. The van der Waals surface area contributed by atoms with Crippen molar-refractivity contribution in [3.05, 3.63) is 90.3 Å². The lowest BCUT2D eigenvalue weighted by Gasteiger charge is -2.20. The van der Waals surface area contributed by atoms with Gasteiger partial charge in [-0.15, -0.1) is 0 Å². The Morgan fingerprint density at radius 3 is 2.15 bits per heavy atom. The fourth-order valence-corrected chi connectivity index (χ4v) is 2.94. The highest BCUT2D eigenvalue weighted by Crippen LogP contribution is 2.23. The lowest BCUT2D eigenvalue weighted by atomic mass is 9.91. The molecule has 0 saturated heterocycles. The number of guanidine groups is 1. The Kier molecular flexibility index (Phi) is 6.42. The molecule has 0 saturated carbocycles. The number of nitrogens with zero attached hydrogens (tertiary/aromatic N) is 3. The van der Waals surface area contributed by atoms with Gasteiger partial charge in [-0.1, -0.05) is 60.7 Å². The molecule has 3 rings (SSSR count). The molecule has 1 heterocycles. The van der Waals surface area contributed by atoms with Crippen molar-refractivity contribution in [2.24, 2.45) is 4.99 Å². The number of rotatable bonds is 7. The summed E-state index contributed by atoms with van der Waals surface area (Å²) in [5.41, 5.74) is 2.58. The topological polar surface area (TPSA) is 54.2 Å². The molecule has 0 aliphatic rings. The highest BCUT2D eigenvalue weighted by atomic mass is 15.3. The molecular formula is C21H25N5. The Labute approximate surface area is 154 Å².